The molecule has 0 heterocycles. The van der Waals surface area contributed by atoms with Crippen LogP contribution in [0.25, 0.3) is 10.8 Å². The van der Waals surface area contributed by atoms with Gasteiger partial charge in [-0.1, -0.05) is 46.9 Å². The monoisotopic (exact) mass is 273 g/mol. The van der Waals surface area contributed by atoms with Crippen LogP contribution in [-0.4, -0.2) is 15.0 Å². The first-order valence-corrected chi connectivity index (χ1v) is 7.46. The van der Waals surface area contributed by atoms with Crippen LogP contribution in [0, 0.1) is 0 Å². The molecule has 100 valence electrons. The Bertz CT molecular complexity index is 608. The van der Waals surface area contributed by atoms with Crippen molar-refractivity contribution in [1.29, 1.82) is 0 Å². The number of benzene rings is 2. The highest BCUT2D eigenvalue weighted by molar-refractivity contribution is 7.91. The molecule has 0 saturated carbocycles. The molecule has 19 heavy (non-hydrogen) atoms. The molecule has 0 radical (unpaired) electrons. The Kier molecular flexibility index (Phi) is 3.97. The van der Waals surface area contributed by atoms with Gasteiger partial charge in [0.1, 0.15) is 16.1 Å². The summed E-state index contributed by atoms with van der Waals surface area (Å²) in [5.41, 5.74) is 1.88. The minimum absolute atomic E-state index is 0.328. The van der Waals surface area contributed by atoms with Crippen molar-refractivity contribution in [3.8, 4) is 0 Å². The molecule has 0 N–H and O–H groups in total. The summed E-state index contributed by atoms with van der Waals surface area (Å²) in [5, 5.41) is 2.33. The Morgan fingerprint density at radius 3 is 2.37 bits per heavy atom. The van der Waals surface area contributed by atoms with E-state index in [0.29, 0.717) is 0 Å². The summed E-state index contributed by atoms with van der Waals surface area (Å²) in [7, 11) is 0. The number of rotatable bonds is 2. The van der Waals surface area contributed by atoms with E-state index in [-0.39, 0.29) is 4.75 Å². The molecular formula is C16H19NOS. The van der Waals surface area contributed by atoms with Crippen molar-refractivity contribution < 1.29 is 4.55 Å². The van der Waals surface area contributed by atoms with Gasteiger partial charge in [0.15, 0.2) is 0 Å². The van der Waals surface area contributed by atoms with Gasteiger partial charge >= 0.3 is 0 Å². The molecule has 1 unspecified atom stereocenters. The van der Waals surface area contributed by atoms with Gasteiger partial charge in [-0.3, -0.25) is 0 Å². The van der Waals surface area contributed by atoms with E-state index in [4.69, 9.17) is 0 Å². The molecule has 0 aliphatic rings. The van der Waals surface area contributed by atoms with E-state index >= 15 is 0 Å². The van der Waals surface area contributed by atoms with Crippen molar-refractivity contribution in [3.05, 3.63) is 48.0 Å². The first kappa shape index (κ1) is 14.1. The molecule has 0 aliphatic heterocycles. The lowest BCUT2D eigenvalue weighted by molar-refractivity contribution is 0.561. The summed E-state index contributed by atoms with van der Waals surface area (Å²) in [6, 6.07) is 14.3. The molecule has 0 aliphatic carbocycles. The van der Waals surface area contributed by atoms with Crippen LogP contribution in [0.3, 0.4) is 0 Å². The predicted octanol–water partition coefficient (Wildman–Crippen LogP) is 4.11. The van der Waals surface area contributed by atoms with E-state index in [2.05, 4.69) is 22.6 Å². The predicted molar refractivity (Wildman–Crippen MR) is 84.1 cm³/mol. The summed E-state index contributed by atoms with van der Waals surface area (Å²) in [6.45, 7) is 7.72. The first-order valence-electron chi connectivity index (χ1n) is 6.35. The highest BCUT2D eigenvalue weighted by Crippen LogP contribution is 2.22. The minimum Gasteiger partial charge on any atom is -0.591 e. The highest BCUT2D eigenvalue weighted by Gasteiger charge is 2.26. The van der Waals surface area contributed by atoms with Crippen LogP contribution in [0.1, 0.15) is 33.3 Å². The first-order chi connectivity index (χ1) is 8.89. The van der Waals surface area contributed by atoms with Crippen molar-refractivity contribution in [2.45, 2.75) is 32.4 Å². The maximum Gasteiger partial charge on any atom is 0.144 e. The van der Waals surface area contributed by atoms with Gasteiger partial charge in [-0.15, -0.1) is 0 Å². The van der Waals surface area contributed by atoms with Gasteiger partial charge in [0.25, 0.3) is 0 Å². The zero-order valence-corrected chi connectivity index (χ0v) is 12.6. The number of fused-ring (bicyclic) bond motifs is 1. The van der Waals surface area contributed by atoms with Gasteiger partial charge in [0, 0.05) is 5.56 Å². The van der Waals surface area contributed by atoms with Crippen LogP contribution in [0.4, 0.5) is 0 Å². The van der Waals surface area contributed by atoms with E-state index in [1.165, 1.54) is 5.39 Å². The largest absolute Gasteiger partial charge is 0.591 e. The zero-order valence-electron chi connectivity index (χ0n) is 11.8. The van der Waals surface area contributed by atoms with Gasteiger partial charge in [-0.2, -0.15) is 0 Å². The third kappa shape index (κ3) is 3.17. The van der Waals surface area contributed by atoms with Crippen molar-refractivity contribution >= 4 is 27.8 Å². The standard InChI is InChI=1S/C16H19NOS/c1-12(17-19(18)16(2,3)4)14-11-7-9-13-8-5-6-10-15(13)14/h5-11H,1-4H3/b17-12-. The Balaban J connectivity index is 2.47. The van der Waals surface area contributed by atoms with E-state index in [1.54, 1.807) is 0 Å². The third-order valence-electron chi connectivity index (χ3n) is 2.92. The number of hydrogen-bond donors (Lipinski definition) is 0. The fraction of sp³-hybridized carbons (Fsp3) is 0.312. The van der Waals surface area contributed by atoms with Gasteiger partial charge < -0.3 is 4.55 Å². The van der Waals surface area contributed by atoms with Crippen LogP contribution < -0.4 is 0 Å². The summed E-state index contributed by atoms with van der Waals surface area (Å²) in [4.78, 5) is 0. The Hall–Kier alpha value is -1.32. The summed E-state index contributed by atoms with van der Waals surface area (Å²) in [5.74, 6) is 0. The molecule has 0 bridgehead atoms. The Labute approximate surface area is 117 Å². The van der Waals surface area contributed by atoms with Crippen molar-refractivity contribution in [3.63, 3.8) is 0 Å². The van der Waals surface area contributed by atoms with Crippen molar-refractivity contribution in [2.75, 3.05) is 0 Å². The van der Waals surface area contributed by atoms with Gasteiger partial charge in [-0.05, 0) is 38.5 Å². The Morgan fingerprint density at radius 2 is 1.68 bits per heavy atom. The molecule has 0 amide bonds. The molecule has 2 aromatic carbocycles. The summed E-state index contributed by atoms with van der Waals surface area (Å²) < 4.78 is 16.1. The lowest BCUT2D eigenvalue weighted by atomic mass is 10.0. The number of hydrogen-bond acceptors (Lipinski definition) is 2. The van der Waals surface area contributed by atoms with E-state index in [0.717, 1.165) is 16.7 Å². The molecule has 0 saturated heterocycles. The van der Waals surface area contributed by atoms with Gasteiger partial charge in [-0.25, -0.2) is 0 Å². The maximum absolute atomic E-state index is 12.1. The smallest absolute Gasteiger partial charge is 0.144 e. The average molecular weight is 273 g/mol. The molecule has 2 rings (SSSR count). The second-order valence-corrected chi connectivity index (χ2v) is 7.47. The van der Waals surface area contributed by atoms with Crippen molar-refractivity contribution in [2.24, 2.45) is 4.40 Å². The fourth-order valence-corrected chi connectivity index (χ4v) is 2.47. The SMILES string of the molecule is C/C(=N/[S+]([O-])C(C)(C)C)c1cccc2ccccc12. The molecular weight excluding hydrogens is 254 g/mol. The topological polar surface area (TPSA) is 35.4 Å². The molecule has 0 aromatic heterocycles. The zero-order chi connectivity index (χ0) is 14.0. The minimum atomic E-state index is -1.22. The molecule has 0 fully saturated rings. The van der Waals surface area contributed by atoms with Crippen LogP contribution >= 0.6 is 0 Å². The normalized spacial score (nSPS) is 14.7. The van der Waals surface area contributed by atoms with Crippen LogP contribution in [0.2, 0.25) is 0 Å². The molecule has 1 atom stereocenters. The highest BCUT2D eigenvalue weighted by atomic mass is 32.2. The second kappa shape index (κ2) is 5.35. The van der Waals surface area contributed by atoms with E-state index in [1.807, 2.05) is 52.0 Å². The van der Waals surface area contributed by atoms with Crippen LogP contribution in [0.5, 0.6) is 0 Å². The maximum atomic E-state index is 12.1. The Morgan fingerprint density at radius 1 is 1.05 bits per heavy atom. The summed E-state index contributed by atoms with van der Waals surface area (Å²) in [6.07, 6.45) is 0. The quantitative estimate of drug-likeness (QED) is 0.599. The lowest BCUT2D eigenvalue weighted by Crippen LogP contribution is -2.26. The molecule has 0 spiro atoms. The van der Waals surface area contributed by atoms with Gasteiger partial charge in [0.2, 0.25) is 0 Å². The molecule has 2 nitrogen and oxygen atoms in total. The van der Waals surface area contributed by atoms with E-state index in [9.17, 15) is 4.55 Å². The van der Waals surface area contributed by atoms with Crippen LogP contribution in [-0.2, 0) is 11.4 Å². The lowest BCUT2D eigenvalue weighted by Gasteiger charge is -2.19. The summed E-state index contributed by atoms with van der Waals surface area (Å²) >= 11 is -1.22. The van der Waals surface area contributed by atoms with Gasteiger partial charge in [0.05, 0.1) is 5.71 Å². The second-order valence-electron chi connectivity index (χ2n) is 5.56. The average Bonchev–Trinajstić information content (AvgIpc) is 2.36. The third-order valence-corrected chi connectivity index (χ3v) is 4.41. The van der Waals surface area contributed by atoms with Crippen molar-refractivity contribution in [1.82, 2.24) is 0 Å². The molecule has 2 aromatic rings. The van der Waals surface area contributed by atoms with E-state index < -0.39 is 11.4 Å². The van der Waals surface area contributed by atoms with Crippen LogP contribution in [0.15, 0.2) is 46.9 Å². The molecule has 3 heteroatoms. The number of nitrogens with zero attached hydrogens (tertiary/aromatic N) is 1. The fourth-order valence-electron chi connectivity index (χ4n) is 1.85.